The van der Waals surface area contributed by atoms with Crippen LogP contribution in [0, 0.1) is 5.82 Å². The Morgan fingerprint density at radius 3 is 2.17 bits per heavy atom. The Morgan fingerprint density at radius 1 is 0.857 bits per heavy atom. The van der Waals surface area contributed by atoms with Crippen LogP contribution >= 0.6 is 0 Å². The van der Waals surface area contributed by atoms with Crippen molar-refractivity contribution in [1.29, 1.82) is 0 Å². The van der Waals surface area contributed by atoms with Crippen molar-refractivity contribution in [2.45, 2.75) is 11.4 Å². The number of hydrogen-bond donors (Lipinski definition) is 1. The molecule has 0 aliphatic heterocycles. The molecule has 0 saturated carbocycles. The van der Waals surface area contributed by atoms with E-state index in [2.05, 4.69) is 5.32 Å². The van der Waals surface area contributed by atoms with Crippen LogP contribution in [0.5, 0.6) is 5.75 Å². The molecule has 4 rings (SSSR count). The number of nitrogens with one attached hydrogen (secondary N) is 1. The van der Waals surface area contributed by atoms with Crippen LogP contribution in [0.4, 0.5) is 15.8 Å². The molecule has 4 aromatic rings. The van der Waals surface area contributed by atoms with E-state index in [4.69, 9.17) is 4.74 Å². The van der Waals surface area contributed by atoms with Gasteiger partial charge in [0.2, 0.25) is 0 Å². The third kappa shape index (κ3) is 5.33. The van der Waals surface area contributed by atoms with Crippen molar-refractivity contribution in [3.8, 4) is 5.75 Å². The van der Waals surface area contributed by atoms with Gasteiger partial charge in [-0.25, -0.2) is 12.8 Å². The summed E-state index contributed by atoms with van der Waals surface area (Å²) in [5.41, 5.74) is 0.985. The summed E-state index contributed by atoms with van der Waals surface area (Å²) in [4.78, 5) is 13.2. The van der Waals surface area contributed by atoms with Gasteiger partial charge >= 0.3 is 0 Å². The lowest BCUT2D eigenvalue weighted by Crippen LogP contribution is -2.32. The summed E-state index contributed by atoms with van der Waals surface area (Å²) < 4.78 is 48.1. The van der Waals surface area contributed by atoms with E-state index >= 15 is 0 Å². The predicted octanol–water partition coefficient (Wildman–Crippen LogP) is 5.48. The van der Waals surface area contributed by atoms with E-state index in [0.717, 1.165) is 5.56 Å². The Morgan fingerprint density at radius 2 is 1.49 bits per heavy atom. The fourth-order valence-corrected chi connectivity index (χ4v) is 5.03. The van der Waals surface area contributed by atoms with Crippen molar-refractivity contribution in [1.82, 2.24) is 0 Å². The van der Waals surface area contributed by atoms with Crippen LogP contribution in [-0.4, -0.2) is 21.4 Å². The SMILES string of the molecule is COc1ccc(S(=O)(=O)N(Cc2ccccc2)c2ccccc2C(=O)Nc2ccccc2F)cc1. The van der Waals surface area contributed by atoms with Crippen LogP contribution in [-0.2, 0) is 16.6 Å². The molecule has 0 aromatic heterocycles. The predicted molar refractivity (Wildman–Crippen MR) is 134 cm³/mol. The third-order valence-corrected chi connectivity index (χ3v) is 7.13. The van der Waals surface area contributed by atoms with E-state index < -0.39 is 21.7 Å². The molecule has 4 aromatic carbocycles. The highest BCUT2D eigenvalue weighted by Crippen LogP contribution is 2.30. The molecule has 0 unspecified atom stereocenters. The Balaban J connectivity index is 1.79. The molecule has 0 spiro atoms. The smallest absolute Gasteiger partial charge is 0.264 e. The van der Waals surface area contributed by atoms with Crippen LogP contribution in [0.15, 0.2) is 108 Å². The molecule has 0 saturated heterocycles. The summed E-state index contributed by atoms with van der Waals surface area (Å²) in [5.74, 6) is -0.706. The number of hydrogen-bond acceptors (Lipinski definition) is 4. The van der Waals surface area contributed by atoms with Crippen molar-refractivity contribution >= 4 is 27.3 Å². The molecular weight excluding hydrogens is 467 g/mol. The lowest BCUT2D eigenvalue weighted by atomic mass is 10.1. The zero-order valence-corrected chi connectivity index (χ0v) is 19.7. The molecule has 178 valence electrons. The first-order chi connectivity index (χ1) is 16.9. The Hall–Kier alpha value is -4.17. The molecule has 1 N–H and O–H groups in total. The van der Waals surface area contributed by atoms with E-state index in [9.17, 15) is 17.6 Å². The van der Waals surface area contributed by atoms with Gasteiger partial charge in [0.25, 0.3) is 15.9 Å². The molecule has 0 bridgehead atoms. The van der Waals surface area contributed by atoms with Gasteiger partial charge in [-0.2, -0.15) is 0 Å². The van der Waals surface area contributed by atoms with Gasteiger partial charge < -0.3 is 10.1 Å². The number of sulfonamides is 1. The summed E-state index contributed by atoms with van der Waals surface area (Å²) in [6, 6.07) is 27.2. The number of methoxy groups -OCH3 is 1. The highest BCUT2D eigenvalue weighted by Gasteiger charge is 2.29. The third-order valence-electron chi connectivity index (χ3n) is 5.36. The second-order valence-electron chi connectivity index (χ2n) is 7.62. The maximum atomic E-state index is 14.2. The van der Waals surface area contributed by atoms with Crippen LogP contribution in [0.1, 0.15) is 15.9 Å². The topological polar surface area (TPSA) is 75.7 Å². The molecule has 1 amide bonds. The molecule has 0 fully saturated rings. The lowest BCUT2D eigenvalue weighted by Gasteiger charge is -2.26. The average Bonchev–Trinajstić information content (AvgIpc) is 2.89. The molecular formula is C27H23FN2O4S. The second kappa shape index (κ2) is 10.4. The maximum Gasteiger partial charge on any atom is 0.264 e. The summed E-state index contributed by atoms with van der Waals surface area (Å²) in [6.07, 6.45) is 0. The largest absolute Gasteiger partial charge is 0.497 e. The van der Waals surface area contributed by atoms with Crippen molar-refractivity contribution in [3.63, 3.8) is 0 Å². The number of anilines is 2. The van der Waals surface area contributed by atoms with Gasteiger partial charge in [-0.05, 0) is 54.1 Å². The van der Waals surface area contributed by atoms with Crippen molar-refractivity contribution in [2.24, 2.45) is 0 Å². The standard InChI is InChI=1S/C27H23FN2O4S/c1-34-21-15-17-22(18-16-21)35(32,33)30(19-20-9-3-2-4-10-20)26-14-8-5-11-23(26)27(31)29-25-13-7-6-12-24(25)28/h2-18H,19H2,1H3,(H,29,31). The second-order valence-corrected chi connectivity index (χ2v) is 9.49. The van der Waals surface area contributed by atoms with Crippen molar-refractivity contribution in [3.05, 3.63) is 120 Å². The van der Waals surface area contributed by atoms with Gasteiger partial charge in [0.15, 0.2) is 0 Å². The number of carbonyl (C=O) groups is 1. The molecule has 0 aliphatic rings. The first-order valence-electron chi connectivity index (χ1n) is 10.8. The monoisotopic (exact) mass is 490 g/mol. The Bertz CT molecular complexity index is 1430. The quantitative estimate of drug-likeness (QED) is 0.355. The number of halogens is 1. The minimum Gasteiger partial charge on any atom is -0.497 e. The number of benzene rings is 4. The lowest BCUT2D eigenvalue weighted by molar-refractivity contribution is 0.102. The molecule has 0 atom stereocenters. The zero-order chi connectivity index (χ0) is 24.8. The Kier molecular flexibility index (Phi) is 7.12. The number of rotatable bonds is 8. The number of nitrogens with zero attached hydrogens (tertiary/aromatic N) is 1. The van der Waals surface area contributed by atoms with Gasteiger partial charge in [0, 0.05) is 0 Å². The van der Waals surface area contributed by atoms with Crippen molar-refractivity contribution in [2.75, 3.05) is 16.7 Å². The minimum atomic E-state index is -4.09. The fraction of sp³-hybridized carbons (Fsp3) is 0.0741. The van der Waals surface area contributed by atoms with Crippen LogP contribution in [0.2, 0.25) is 0 Å². The van der Waals surface area contributed by atoms with E-state index in [1.54, 1.807) is 48.5 Å². The number of carbonyl (C=O) groups excluding carboxylic acids is 1. The highest BCUT2D eigenvalue weighted by atomic mass is 32.2. The summed E-state index contributed by atoms with van der Waals surface area (Å²) in [7, 11) is -2.59. The van der Waals surface area contributed by atoms with Gasteiger partial charge in [-0.1, -0.05) is 54.6 Å². The first-order valence-corrected chi connectivity index (χ1v) is 12.2. The molecule has 35 heavy (non-hydrogen) atoms. The number of amides is 1. The summed E-state index contributed by atoms with van der Waals surface area (Å²) in [5, 5.41) is 2.54. The molecule has 0 aliphatic carbocycles. The normalized spacial score (nSPS) is 11.0. The first kappa shape index (κ1) is 24.0. The molecule has 0 radical (unpaired) electrons. The van der Waals surface area contributed by atoms with E-state index in [1.807, 2.05) is 18.2 Å². The fourth-order valence-electron chi connectivity index (χ4n) is 3.56. The van der Waals surface area contributed by atoms with Crippen molar-refractivity contribution < 1.29 is 22.3 Å². The van der Waals surface area contributed by atoms with Crippen LogP contribution in [0.25, 0.3) is 0 Å². The molecule has 8 heteroatoms. The van der Waals surface area contributed by atoms with Gasteiger partial charge in [-0.15, -0.1) is 0 Å². The van der Waals surface area contributed by atoms with Crippen LogP contribution in [0.3, 0.4) is 0 Å². The summed E-state index contributed by atoms with van der Waals surface area (Å²) >= 11 is 0. The minimum absolute atomic E-state index is 0.0000704. The zero-order valence-electron chi connectivity index (χ0n) is 18.9. The van der Waals surface area contributed by atoms with E-state index in [0.29, 0.717) is 5.75 Å². The van der Waals surface area contributed by atoms with Crippen LogP contribution < -0.4 is 14.4 Å². The van der Waals surface area contributed by atoms with E-state index in [1.165, 1.54) is 47.8 Å². The number of ether oxygens (including phenoxy) is 1. The van der Waals surface area contributed by atoms with E-state index in [-0.39, 0.29) is 28.4 Å². The average molecular weight is 491 g/mol. The van der Waals surface area contributed by atoms with Gasteiger partial charge in [-0.3, -0.25) is 9.10 Å². The highest BCUT2D eigenvalue weighted by molar-refractivity contribution is 7.92. The van der Waals surface area contributed by atoms with Gasteiger partial charge in [0.1, 0.15) is 11.6 Å². The maximum absolute atomic E-state index is 14.2. The van der Waals surface area contributed by atoms with Gasteiger partial charge in [0.05, 0.1) is 35.5 Å². The summed E-state index contributed by atoms with van der Waals surface area (Å²) in [6.45, 7) is -0.0147. The molecule has 6 nitrogen and oxygen atoms in total. The Labute approximate surface area is 203 Å². The number of para-hydroxylation sites is 2. The molecule has 0 heterocycles.